The van der Waals surface area contributed by atoms with Crippen LogP contribution in [0.5, 0.6) is 0 Å². The van der Waals surface area contributed by atoms with Crippen LogP contribution in [0.4, 0.5) is 8.78 Å². The highest BCUT2D eigenvalue weighted by Gasteiger charge is 2.18. The van der Waals surface area contributed by atoms with E-state index >= 15 is 0 Å². The lowest BCUT2D eigenvalue weighted by atomic mass is 9.87. The van der Waals surface area contributed by atoms with Crippen molar-refractivity contribution in [3.8, 4) is 0 Å². The highest BCUT2D eigenvalue weighted by atomic mass is 32.2. The van der Waals surface area contributed by atoms with Crippen LogP contribution in [0.15, 0.2) is 16.5 Å². The number of alkyl halides is 2. The molecule has 1 heterocycles. The second-order valence-electron chi connectivity index (χ2n) is 5.29. The van der Waals surface area contributed by atoms with Gasteiger partial charge < -0.3 is 9.73 Å². The minimum atomic E-state index is -2.34. The smallest absolute Gasteiger partial charge is 0.284 e. The Kier molecular flexibility index (Phi) is 5.70. The number of thioether (sulfide) groups is 1. The average Bonchev–Trinajstić information content (AvgIpc) is 2.82. The topological polar surface area (TPSA) is 25.2 Å². The molecule has 1 aliphatic carbocycles. The van der Waals surface area contributed by atoms with Crippen LogP contribution in [0.3, 0.4) is 0 Å². The van der Waals surface area contributed by atoms with Gasteiger partial charge in [-0.1, -0.05) is 31.5 Å². The van der Waals surface area contributed by atoms with E-state index in [-0.39, 0.29) is 5.75 Å². The van der Waals surface area contributed by atoms with Crippen LogP contribution in [-0.2, 0) is 12.3 Å². The van der Waals surface area contributed by atoms with Crippen LogP contribution < -0.4 is 5.32 Å². The average molecular weight is 289 g/mol. The van der Waals surface area contributed by atoms with E-state index in [2.05, 4.69) is 12.2 Å². The Bertz CT molecular complexity index is 383. The van der Waals surface area contributed by atoms with Crippen LogP contribution in [-0.4, -0.2) is 11.8 Å². The first kappa shape index (κ1) is 14.9. The van der Waals surface area contributed by atoms with E-state index in [9.17, 15) is 8.78 Å². The van der Waals surface area contributed by atoms with E-state index in [4.69, 9.17) is 4.42 Å². The van der Waals surface area contributed by atoms with Gasteiger partial charge in [-0.3, -0.25) is 0 Å². The molecular formula is C14H21F2NOS. The first-order valence-corrected chi connectivity index (χ1v) is 7.89. The van der Waals surface area contributed by atoms with Crippen molar-refractivity contribution in [1.29, 1.82) is 0 Å². The molecule has 5 heteroatoms. The maximum absolute atomic E-state index is 12.1. The molecule has 1 fully saturated rings. The predicted octanol–water partition coefficient (Wildman–Crippen LogP) is 4.40. The number of halogens is 2. The number of hydrogen-bond donors (Lipinski definition) is 1. The van der Waals surface area contributed by atoms with Crippen LogP contribution in [0.1, 0.15) is 44.1 Å². The van der Waals surface area contributed by atoms with E-state index in [1.54, 1.807) is 6.07 Å². The zero-order valence-corrected chi connectivity index (χ0v) is 12.0. The van der Waals surface area contributed by atoms with Crippen molar-refractivity contribution >= 4 is 11.8 Å². The first-order valence-electron chi connectivity index (χ1n) is 6.84. The highest BCUT2D eigenvalue weighted by Crippen LogP contribution is 2.24. The van der Waals surface area contributed by atoms with Crippen molar-refractivity contribution in [2.24, 2.45) is 5.92 Å². The summed E-state index contributed by atoms with van der Waals surface area (Å²) in [5.74, 6) is 0.149. The van der Waals surface area contributed by atoms with Gasteiger partial charge >= 0.3 is 0 Å². The molecule has 2 rings (SSSR count). The van der Waals surface area contributed by atoms with E-state index in [1.165, 1.54) is 25.7 Å². The summed E-state index contributed by atoms with van der Waals surface area (Å²) < 4.78 is 29.7. The number of nitrogens with one attached hydrogen (secondary N) is 1. The van der Waals surface area contributed by atoms with Crippen molar-refractivity contribution in [2.75, 3.05) is 0 Å². The van der Waals surface area contributed by atoms with Crippen LogP contribution >= 0.6 is 11.8 Å². The van der Waals surface area contributed by atoms with Gasteiger partial charge in [0.15, 0.2) is 0 Å². The highest BCUT2D eigenvalue weighted by molar-refractivity contribution is 7.98. The number of rotatable bonds is 6. The van der Waals surface area contributed by atoms with E-state index in [0.717, 1.165) is 11.7 Å². The maximum Gasteiger partial charge on any atom is 0.284 e. The van der Waals surface area contributed by atoms with Crippen molar-refractivity contribution in [3.05, 3.63) is 23.7 Å². The summed E-state index contributed by atoms with van der Waals surface area (Å²) in [5.41, 5.74) is 0. The lowest BCUT2D eigenvalue weighted by molar-refractivity contribution is 0.251. The molecule has 1 N–H and O–H groups in total. The molecule has 0 amide bonds. The van der Waals surface area contributed by atoms with Crippen molar-refractivity contribution in [1.82, 2.24) is 5.32 Å². The van der Waals surface area contributed by atoms with Gasteiger partial charge in [0.1, 0.15) is 11.5 Å². The molecule has 0 radical (unpaired) electrons. The minimum absolute atomic E-state index is 0.234. The first-order chi connectivity index (χ1) is 9.13. The van der Waals surface area contributed by atoms with E-state index in [1.807, 2.05) is 6.07 Å². The Hall–Kier alpha value is -0.550. The normalized spacial score (nSPS) is 24.0. The molecule has 0 bridgehead atoms. The zero-order chi connectivity index (χ0) is 13.7. The Labute approximate surface area is 117 Å². The third-order valence-electron chi connectivity index (χ3n) is 3.57. The summed E-state index contributed by atoms with van der Waals surface area (Å²) in [6, 6.07) is 4.23. The summed E-state index contributed by atoms with van der Waals surface area (Å²) in [7, 11) is 0. The molecule has 0 saturated heterocycles. The van der Waals surface area contributed by atoms with Gasteiger partial charge in [0.05, 0.1) is 12.3 Å². The molecule has 1 aromatic rings. The Morgan fingerprint density at radius 1 is 1.37 bits per heavy atom. The molecule has 0 aromatic carbocycles. The van der Waals surface area contributed by atoms with E-state index in [0.29, 0.717) is 30.1 Å². The lowest BCUT2D eigenvalue weighted by Gasteiger charge is -2.27. The van der Waals surface area contributed by atoms with Crippen LogP contribution in [0, 0.1) is 5.92 Å². The Morgan fingerprint density at radius 2 is 2.16 bits per heavy atom. The van der Waals surface area contributed by atoms with Crippen molar-refractivity contribution < 1.29 is 13.2 Å². The molecule has 0 aliphatic heterocycles. The van der Waals surface area contributed by atoms with Gasteiger partial charge in [0, 0.05) is 6.04 Å². The predicted molar refractivity (Wildman–Crippen MR) is 74.3 cm³/mol. The Balaban J connectivity index is 1.73. The molecule has 2 unspecified atom stereocenters. The van der Waals surface area contributed by atoms with Gasteiger partial charge in [-0.25, -0.2) is 0 Å². The standard InChI is InChI=1S/C14H21F2NOS/c1-10-3-2-4-11(7-10)17-8-12-5-6-13(18-12)9-19-14(15)16/h5-6,10-11,14,17H,2-4,7-9H2,1H3. The van der Waals surface area contributed by atoms with Crippen molar-refractivity contribution in [2.45, 2.75) is 56.7 Å². The summed E-state index contributed by atoms with van der Waals surface area (Å²) in [4.78, 5) is 0. The Morgan fingerprint density at radius 3 is 2.89 bits per heavy atom. The molecule has 2 nitrogen and oxygen atoms in total. The fourth-order valence-electron chi connectivity index (χ4n) is 2.60. The molecule has 1 aliphatic rings. The summed E-state index contributed by atoms with van der Waals surface area (Å²) in [5, 5.41) is 3.50. The fraction of sp³-hybridized carbons (Fsp3) is 0.714. The molecular weight excluding hydrogens is 268 g/mol. The minimum Gasteiger partial charge on any atom is -0.464 e. The molecule has 19 heavy (non-hydrogen) atoms. The third-order valence-corrected chi connectivity index (χ3v) is 4.27. The quantitative estimate of drug-likeness (QED) is 0.840. The van der Waals surface area contributed by atoms with Gasteiger partial charge in [-0.2, -0.15) is 8.78 Å². The second kappa shape index (κ2) is 7.29. The molecule has 0 spiro atoms. The molecule has 2 atom stereocenters. The zero-order valence-electron chi connectivity index (χ0n) is 11.2. The molecule has 1 aromatic heterocycles. The SMILES string of the molecule is CC1CCCC(NCc2ccc(CSC(F)F)o2)C1. The fourth-order valence-corrected chi connectivity index (χ4v) is 3.05. The van der Waals surface area contributed by atoms with Crippen LogP contribution in [0.25, 0.3) is 0 Å². The number of hydrogen-bond acceptors (Lipinski definition) is 3. The van der Waals surface area contributed by atoms with Crippen LogP contribution in [0.2, 0.25) is 0 Å². The van der Waals surface area contributed by atoms with E-state index < -0.39 is 5.76 Å². The third kappa shape index (κ3) is 5.15. The van der Waals surface area contributed by atoms with Gasteiger partial charge in [-0.05, 0) is 30.9 Å². The van der Waals surface area contributed by atoms with Gasteiger partial charge in [0.25, 0.3) is 5.76 Å². The summed E-state index contributed by atoms with van der Waals surface area (Å²) >= 11 is 0.597. The summed E-state index contributed by atoms with van der Waals surface area (Å²) in [6.45, 7) is 2.98. The molecule has 108 valence electrons. The second-order valence-corrected chi connectivity index (χ2v) is 6.27. The van der Waals surface area contributed by atoms with Gasteiger partial charge in [-0.15, -0.1) is 0 Å². The maximum atomic E-state index is 12.1. The van der Waals surface area contributed by atoms with Crippen molar-refractivity contribution in [3.63, 3.8) is 0 Å². The lowest BCUT2D eigenvalue weighted by Crippen LogP contribution is -2.32. The molecule has 1 saturated carbocycles. The summed E-state index contributed by atoms with van der Waals surface area (Å²) in [6.07, 6.45) is 5.05. The largest absolute Gasteiger partial charge is 0.464 e. The van der Waals surface area contributed by atoms with Gasteiger partial charge in [0.2, 0.25) is 0 Å². The number of furan rings is 1. The monoisotopic (exact) mass is 289 g/mol.